The number of H-pyrrole nitrogens is 1. The summed E-state index contributed by atoms with van der Waals surface area (Å²) in [4.78, 5) is 14.9. The first-order valence-corrected chi connectivity index (χ1v) is 13.8. The smallest absolute Gasteiger partial charge is 0.282 e. The number of nitrogens with zero attached hydrogens (tertiary/aromatic N) is 7. The summed E-state index contributed by atoms with van der Waals surface area (Å²) in [5.74, 6) is 2.27. The minimum absolute atomic E-state index is 0.0787. The maximum atomic E-state index is 13.4. The van der Waals surface area contributed by atoms with E-state index in [0.29, 0.717) is 31.2 Å². The van der Waals surface area contributed by atoms with Crippen LogP contribution in [0.3, 0.4) is 0 Å². The molecule has 6 rings (SSSR count). The number of nitrogens with one attached hydrogen (secondary N) is 1. The number of anilines is 2. The quantitative estimate of drug-likeness (QED) is 0.369. The van der Waals surface area contributed by atoms with Gasteiger partial charge in [-0.05, 0) is 31.9 Å². The van der Waals surface area contributed by atoms with E-state index in [9.17, 15) is 8.78 Å². The molecule has 9 nitrogen and oxygen atoms in total. The van der Waals surface area contributed by atoms with E-state index >= 15 is 0 Å². The van der Waals surface area contributed by atoms with Crippen LogP contribution in [0.15, 0.2) is 18.2 Å². The number of aromatic amines is 1. The lowest BCUT2D eigenvalue weighted by Crippen LogP contribution is -2.50. The van der Waals surface area contributed by atoms with Gasteiger partial charge in [0, 0.05) is 74.8 Å². The summed E-state index contributed by atoms with van der Waals surface area (Å²) >= 11 is 0. The van der Waals surface area contributed by atoms with Crippen molar-refractivity contribution >= 4 is 22.5 Å². The lowest BCUT2D eigenvalue weighted by Gasteiger charge is -2.45. The zero-order chi connectivity index (χ0) is 28.3. The molecule has 40 heavy (non-hydrogen) atoms. The molecule has 0 radical (unpaired) electrons. The average Bonchev–Trinajstić information content (AvgIpc) is 3.50. The van der Waals surface area contributed by atoms with E-state index in [4.69, 9.17) is 14.7 Å². The fourth-order valence-corrected chi connectivity index (χ4v) is 6.47. The normalized spacial score (nSPS) is 19.1. The summed E-state index contributed by atoms with van der Waals surface area (Å²) in [6.45, 7) is 11.3. The number of halogens is 2. The Hall–Kier alpha value is -3.60. The van der Waals surface area contributed by atoms with Gasteiger partial charge in [-0.25, -0.2) is 18.7 Å². The van der Waals surface area contributed by atoms with Crippen molar-refractivity contribution in [1.82, 2.24) is 29.9 Å². The second-order valence-electron chi connectivity index (χ2n) is 11.7. The van der Waals surface area contributed by atoms with Crippen molar-refractivity contribution in [3.8, 4) is 11.4 Å². The molecule has 1 unspecified atom stereocenters. The van der Waals surface area contributed by atoms with Crippen molar-refractivity contribution in [2.75, 3.05) is 36.5 Å². The standard InChI is InChI=1S/C29H36F2N8O/c1-16-7-8-20-25(17(2)34-35-20)24(16)27-32-19-9-11-38(23-13-21(26(30)31)36-37(23)5)14-18(19)28(33-27)39-12-10-22(40-6)29(3,4)15-39/h7-8,13,22,26H,9-12,14-15H2,1-6H3,(H,34,35). The molecule has 0 aliphatic carbocycles. The molecule has 1 atom stereocenters. The van der Waals surface area contributed by atoms with Crippen molar-refractivity contribution in [2.45, 2.75) is 59.6 Å². The predicted molar refractivity (Wildman–Crippen MR) is 151 cm³/mol. The van der Waals surface area contributed by atoms with Gasteiger partial charge in [-0.3, -0.25) is 9.78 Å². The molecule has 1 fully saturated rings. The summed E-state index contributed by atoms with van der Waals surface area (Å²) in [5, 5.41) is 12.7. The molecule has 5 heterocycles. The number of piperidine rings is 1. The van der Waals surface area contributed by atoms with Crippen LogP contribution in [0.4, 0.5) is 20.4 Å². The van der Waals surface area contributed by atoms with Gasteiger partial charge < -0.3 is 14.5 Å². The number of hydrogen-bond acceptors (Lipinski definition) is 7. The minimum Gasteiger partial charge on any atom is -0.381 e. The third kappa shape index (κ3) is 4.40. The zero-order valence-electron chi connectivity index (χ0n) is 23.9. The summed E-state index contributed by atoms with van der Waals surface area (Å²) in [7, 11) is 3.49. The Balaban J connectivity index is 1.49. The van der Waals surface area contributed by atoms with E-state index in [2.05, 4.69) is 51.9 Å². The number of fused-ring (bicyclic) bond motifs is 2. The van der Waals surface area contributed by atoms with Crippen molar-refractivity contribution in [1.29, 1.82) is 0 Å². The topological polar surface area (TPSA) is 88.0 Å². The van der Waals surface area contributed by atoms with Gasteiger partial charge in [-0.15, -0.1) is 0 Å². The molecule has 0 spiro atoms. The molecular weight excluding hydrogens is 514 g/mol. The van der Waals surface area contributed by atoms with Crippen LogP contribution >= 0.6 is 0 Å². The van der Waals surface area contributed by atoms with Crippen LogP contribution in [0.1, 0.15) is 54.9 Å². The molecule has 2 aliphatic rings. The summed E-state index contributed by atoms with van der Waals surface area (Å²) in [6, 6.07) is 5.62. The SMILES string of the molecule is COC1CCN(c2nc(-c3c(C)ccc4[nH]nc(C)c34)nc3c2CN(c2cc(C(F)F)nn2C)CC3)CC1(C)C. The van der Waals surface area contributed by atoms with Gasteiger partial charge in [0.25, 0.3) is 6.43 Å². The van der Waals surface area contributed by atoms with Gasteiger partial charge in [0.15, 0.2) is 5.82 Å². The first kappa shape index (κ1) is 26.6. The van der Waals surface area contributed by atoms with Gasteiger partial charge in [0.1, 0.15) is 17.3 Å². The lowest BCUT2D eigenvalue weighted by atomic mass is 9.81. The van der Waals surface area contributed by atoms with E-state index < -0.39 is 6.43 Å². The summed E-state index contributed by atoms with van der Waals surface area (Å²) < 4.78 is 34.2. The largest absolute Gasteiger partial charge is 0.381 e. The number of aryl methyl sites for hydroxylation is 3. The van der Waals surface area contributed by atoms with Crippen LogP contribution in [0.25, 0.3) is 22.3 Å². The molecule has 4 aromatic rings. The Morgan fingerprint density at radius 2 is 1.93 bits per heavy atom. The zero-order valence-corrected chi connectivity index (χ0v) is 23.9. The summed E-state index contributed by atoms with van der Waals surface area (Å²) in [6.07, 6.45) is -0.898. The first-order valence-electron chi connectivity index (χ1n) is 13.8. The van der Waals surface area contributed by atoms with Crippen molar-refractivity contribution in [2.24, 2.45) is 12.5 Å². The minimum atomic E-state index is -2.61. The Bertz CT molecular complexity index is 1580. The van der Waals surface area contributed by atoms with Crippen LogP contribution in [-0.2, 0) is 24.8 Å². The maximum Gasteiger partial charge on any atom is 0.282 e. The highest BCUT2D eigenvalue weighted by molar-refractivity contribution is 5.96. The van der Waals surface area contributed by atoms with Crippen LogP contribution < -0.4 is 9.80 Å². The van der Waals surface area contributed by atoms with Crippen molar-refractivity contribution < 1.29 is 13.5 Å². The Kier molecular flexibility index (Phi) is 6.52. The van der Waals surface area contributed by atoms with E-state index in [-0.39, 0.29) is 17.2 Å². The van der Waals surface area contributed by atoms with Crippen LogP contribution in [0.5, 0.6) is 0 Å². The number of aromatic nitrogens is 6. The highest BCUT2D eigenvalue weighted by Gasteiger charge is 2.38. The number of methoxy groups -OCH3 is 1. The monoisotopic (exact) mass is 550 g/mol. The molecule has 212 valence electrons. The van der Waals surface area contributed by atoms with Crippen molar-refractivity contribution in [3.05, 3.63) is 46.4 Å². The highest BCUT2D eigenvalue weighted by Crippen LogP contribution is 2.39. The average molecular weight is 551 g/mol. The molecule has 11 heteroatoms. The molecule has 0 bridgehead atoms. The number of alkyl halides is 2. The van der Waals surface area contributed by atoms with Gasteiger partial charge in [-0.1, -0.05) is 19.9 Å². The third-order valence-corrected chi connectivity index (χ3v) is 8.52. The molecule has 0 saturated carbocycles. The molecule has 1 aromatic carbocycles. The fraction of sp³-hybridized carbons (Fsp3) is 0.517. The predicted octanol–water partition coefficient (Wildman–Crippen LogP) is 5.12. The molecule has 1 N–H and O–H groups in total. The third-order valence-electron chi connectivity index (χ3n) is 8.52. The second kappa shape index (κ2) is 9.79. The fourth-order valence-electron chi connectivity index (χ4n) is 6.47. The molecule has 3 aromatic heterocycles. The Morgan fingerprint density at radius 3 is 2.62 bits per heavy atom. The van der Waals surface area contributed by atoms with E-state index in [0.717, 1.165) is 64.3 Å². The molecule has 2 aliphatic heterocycles. The highest BCUT2D eigenvalue weighted by atomic mass is 19.3. The maximum absolute atomic E-state index is 13.4. The number of ether oxygens (including phenoxy) is 1. The van der Waals surface area contributed by atoms with Crippen LogP contribution in [-0.4, -0.2) is 62.8 Å². The van der Waals surface area contributed by atoms with E-state index in [1.54, 1.807) is 18.8 Å². The van der Waals surface area contributed by atoms with E-state index in [1.165, 1.54) is 6.07 Å². The Labute approximate surface area is 232 Å². The Morgan fingerprint density at radius 1 is 1.12 bits per heavy atom. The number of benzene rings is 1. The van der Waals surface area contributed by atoms with E-state index in [1.807, 2.05) is 13.0 Å². The first-order chi connectivity index (χ1) is 19.1. The van der Waals surface area contributed by atoms with Crippen LogP contribution in [0, 0.1) is 19.3 Å². The van der Waals surface area contributed by atoms with Crippen LogP contribution in [0.2, 0.25) is 0 Å². The number of hydrogen-bond donors (Lipinski definition) is 1. The van der Waals surface area contributed by atoms with Gasteiger partial charge in [0.05, 0.1) is 23.0 Å². The van der Waals surface area contributed by atoms with Gasteiger partial charge in [0.2, 0.25) is 0 Å². The molecular formula is C29H36F2N8O. The lowest BCUT2D eigenvalue weighted by molar-refractivity contribution is -0.00647. The van der Waals surface area contributed by atoms with Gasteiger partial charge >= 0.3 is 0 Å². The van der Waals surface area contributed by atoms with Crippen molar-refractivity contribution in [3.63, 3.8) is 0 Å². The van der Waals surface area contributed by atoms with Gasteiger partial charge in [-0.2, -0.15) is 10.2 Å². The summed E-state index contributed by atoms with van der Waals surface area (Å²) in [5.41, 5.74) is 5.70. The molecule has 0 amide bonds. The number of rotatable bonds is 5. The molecule has 1 saturated heterocycles. The second-order valence-corrected chi connectivity index (χ2v) is 11.7.